The number of hydrogen-bond donors (Lipinski definition) is 1. The molecular weight excluding hydrogens is 314 g/mol. The van der Waals surface area contributed by atoms with E-state index in [-0.39, 0.29) is 0 Å². The van der Waals surface area contributed by atoms with Gasteiger partial charge in [0, 0.05) is 15.6 Å². The van der Waals surface area contributed by atoms with Gasteiger partial charge in [-0.2, -0.15) is 0 Å². The maximum absolute atomic E-state index is 11.1. The number of nitrogens with zero attached hydrogens (tertiary/aromatic N) is 1. The molecule has 2 rings (SSSR count). The normalized spacial score (nSPS) is 10.3. The second kappa shape index (κ2) is 5.54. The van der Waals surface area contributed by atoms with Crippen molar-refractivity contribution < 1.29 is 9.90 Å². The summed E-state index contributed by atoms with van der Waals surface area (Å²) >= 11 is 4.67. The lowest BCUT2D eigenvalue weighted by atomic mass is 10.1. The van der Waals surface area contributed by atoms with Crippen molar-refractivity contribution in [1.29, 1.82) is 0 Å². The van der Waals surface area contributed by atoms with Crippen molar-refractivity contribution in [2.75, 3.05) is 0 Å². The number of benzene rings is 1. The van der Waals surface area contributed by atoms with E-state index in [1.54, 1.807) is 18.3 Å². The maximum atomic E-state index is 11.1. The fourth-order valence-electron chi connectivity index (χ4n) is 1.43. The quantitative estimate of drug-likeness (QED) is 0.927. The van der Waals surface area contributed by atoms with Crippen LogP contribution in [0.1, 0.15) is 15.9 Å². The SMILES string of the molecule is Cc1ccc(C(=O)O)c(Sc2ccc(Br)cn2)c1. The molecule has 92 valence electrons. The zero-order valence-corrected chi connectivity index (χ0v) is 12.0. The lowest BCUT2D eigenvalue weighted by Gasteiger charge is -2.06. The highest BCUT2D eigenvalue weighted by Crippen LogP contribution is 2.30. The smallest absolute Gasteiger partial charge is 0.336 e. The summed E-state index contributed by atoms with van der Waals surface area (Å²) in [5, 5.41) is 9.91. The molecule has 0 amide bonds. The molecule has 1 heterocycles. The Morgan fingerprint density at radius 2 is 2.11 bits per heavy atom. The van der Waals surface area contributed by atoms with Crippen LogP contribution in [0.4, 0.5) is 0 Å². The Hall–Kier alpha value is -1.33. The fraction of sp³-hybridized carbons (Fsp3) is 0.0769. The highest BCUT2D eigenvalue weighted by Gasteiger charge is 2.11. The van der Waals surface area contributed by atoms with Crippen molar-refractivity contribution in [2.45, 2.75) is 16.8 Å². The van der Waals surface area contributed by atoms with Gasteiger partial charge >= 0.3 is 5.97 Å². The number of carbonyl (C=O) groups is 1. The van der Waals surface area contributed by atoms with Gasteiger partial charge in [0.1, 0.15) is 5.03 Å². The molecule has 0 spiro atoms. The lowest BCUT2D eigenvalue weighted by Crippen LogP contribution is -1.99. The van der Waals surface area contributed by atoms with Gasteiger partial charge in [-0.1, -0.05) is 17.8 Å². The summed E-state index contributed by atoms with van der Waals surface area (Å²) in [4.78, 5) is 16.1. The van der Waals surface area contributed by atoms with Crippen LogP contribution < -0.4 is 0 Å². The van der Waals surface area contributed by atoms with Crippen LogP contribution in [0, 0.1) is 6.92 Å². The summed E-state index contributed by atoms with van der Waals surface area (Å²) in [6.07, 6.45) is 1.69. The Bertz CT molecular complexity index is 584. The Balaban J connectivity index is 2.35. The molecule has 1 aromatic heterocycles. The number of pyridine rings is 1. The zero-order valence-electron chi connectivity index (χ0n) is 9.55. The number of aromatic carboxylic acids is 1. The summed E-state index contributed by atoms with van der Waals surface area (Å²) in [5.41, 5.74) is 1.33. The predicted octanol–water partition coefficient (Wildman–Crippen LogP) is 4.00. The summed E-state index contributed by atoms with van der Waals surface area (Å²) < 4.78 is 0.898. The largest absolute Gasteiger partial charge is 0.478 e. The molecule has 18 heavy (non-hydrogen) atoms. The van der Waals surface area contributed by atoms with E-state index in [0.717, 1.165) is 15.1 Å². The molecule has 0 aliphatic heterocycles. The standard InChI is InChI=1S/C13H10BrNO2S/c1-8-2-4-10(13(16)17)11(6-8)18-12-5-3-9(14)7-15-12/h2-7H,1H3,(H,16,17). The number of halogens is 1. The van der Waals surface area contributed by atoms with E-state index in [0.29, 0.717) is 10.5 Å². The third-order valence-electron chi connectivity index (χ3n) is 2.28. The summed E-state index contributed by atoms with van der Waals surface area (Å²) in [6, 6.07) is 9.01. The minimum absolute atomic E-state index is 0.301. The summed E-state index contributed by atoms with van der Waals surface area (Å²) in [7, 11) is 0. The van der Waals surface area contributed by atoms with Gasteiger partial charge < -0.3 is 5.11 Å². The summed E-state index contributed by atoms with van der Waals surface area (Å²) in [6.45, 7) is 1.94. The van der Waals surface area contributed by atoms with Gasteiger partial charge in [0.15, 0.2) is 0 Å². The average Bonchev–Trinajstić information content (AvgIpc) is 2.32. The first-order chi connectivity index (χ1) is 8.56. The molecule has 0 bridgehead atoms. The Morgan fingerprint density at radius 3 is 2.72 bits per heavy atom. The van der Waals surface area contributed by atoms with E-state index < -0.39 is 5.97 Å². The second-order valence-corrected chi connectivity index (χ2v) is 5.70. The first-order valence-electron chi connectivity index (χ1n) is 5.19. The molecule has 0 aliphatic carbocycles. The van der Waals surface area contributed by atoms with Crippen LogP contribution in [0.25, 0.3) is 0 Å². The molecule has 0 saturated heterocycles. The van der Waals surface area contributed by atoms with Crippen LogP contribution in [-0.4, -0.2) is 16.1 Å². The number of aryl methyl sites for hydroxylation is 1. The van der Waals surface area contributed by atoms with E-state index in [2.05, 4.69) is 20.9 Å². The number of carboxylic acids is 1. The zero-order chi connectivity index (χ0) is 13.1. The van der Waals surface area contributed by atoms with Gasteiger partial charge in [-0.25, -0.2) is 9.78 Å². The Morgan fingerprint density at radius 1 is 1.33 bits per heavy atom. The second-order valence-electron chi connectivity index (χ2n) is 3.72. The molecule has 1 N–H and O–H groups in total. The molecule has 0 aliphatic rings. The lowest BCUT2D eigenvalue weighted by molar-refractivity contribution is 0.0693. The molecular formula is C13H10BrNO2S. The van der Waals surface area contributed by atoms with Crippen molar-refractivity contribution in [3.05, 3.63) is 52.1 Å². The molecule has 0 unspecified atom stereocenters. The highest BCUT2D eigenvalue weighted by atomic mass is 79.9. The van der Waals surface area contributed by atoms with Gasteiger partial charge in [0.2, 0.25) is 0 Å². The molecule has 0 saturated carbocycles. The van der Waals surface area contributed by atoms with Crippen LogP contribution in [0.5, 0.6) is 0 Å². The van der Waals surface area contributed by atoms with Gasteiger partial charge in [0.05, 0.1) is 5.56 Å². The van der Waals surface area contributed by atoms with Crippen LogP contribution in [0.15, 0.2) is 50.9 Å². The summed E-state index contributed by atoms with van der Waals surface area (Å²) in [5.74, 6) is -0.922. The number of hydrogen-bond acceptors (Lipinski definition) is 3. The Kier molecular flexibility index (Phi) is 4.04. The molecule has 5 heteroatoms. The van der Waals surface area contributed by atoms with E-state index in [1.807, 2.05) is 25.1 Å². The monoisotopic (exact) mass is 323 g/mol. The third-order valence-corrected chi connectivity index (χ3v) is 3.76. The topological polar surface area (TPSA) is 50.2 Å². The minimum Gasteiger partial charge on any atom is -0.478 e. The fourth-order valence-corrected chi connectivity index (χ4v) is 2.64. The van der Waals surface area contributed by atoms with Crippen LogP contribution in [-0.2, 0) is 0 Å². The van der Waals surface area contributed by atoms with Crippen LogP contribution in [0.3, 0.4) is 0 Å². The van der Waals surface area contributed by atoms with Crippen molar-refractivity contribution in [3.63, 3.8) is 0 Å². The van der Waals surface area contributed by atoms with Crippen molar-refractivity contribution in [2.24, 2.45) is 0 Å². The maximum Gasteiger partial charge on any atom is 0.336 e. The van der Waals surface area contributed by atoms with Gasteiger partial charge in [-0.05, 0) is 52.7 Å². The molecule has 0 atom stereocenters. The molecule has 0 fully saturated rings. The minimum atomic E-state index is -0.922. The first-order valence-corrected chi connectivity index (χ1v) is 6.80. The van der Waals surface area contributed by atoms with Crippen molar-refractivity contribution in [3.8, 4) is 0 Å². The van der Waals surface area contributed by atoms with Crippen LogP contribution in [0.2, 0.25) is 0 Å². The van der Waals surface area contributed by atoms with Gasteiger partial charge in [-0.3, -0.25) is 0 Å². The molecule has 1 aromatic carbocycles. The first kappa shape index (κ1) is 13.1. The van der Waals surface area contributed by atoms with E-state index in [4.69, 9.17) is 5.11 Å². The molecule has 2 aromatic rings. The van der Waals surface area contributed by atoms with E-state index in [1.165, 1.54) is 11.8 Å². The van der Waals surface area contributed by atoms with Gasteiger partial charge in [-0.15, -0.1) is 0 Å². The van der Waals surface area contributed by atoms with Crippen molar-refractivity contribution in [1.82, 2.24) is 4.98 Å². The van der Waals surface area contributed by atoms with Crippen LogP contribution >= 0.6 is 27.7 Å². The number of carboxylic acid groups (broad SMARTS) is 1. The number of rotatable bonds is 3. The van der Waals surface area contributed by atoms with Crippen molar-refractivity contribution >= 4 is 33.7 Å². The van der Waals surface area contributed by atoms with E-state index in [9.17, 15) is 4.79 Å². The predicted molar refractivity (Wildman–Crippen MR) is 74.2 cm³/mol. The number of aromatic nitrogens is 1. The third kappa shape index (κ3) is 3.11. The van der Waals surface area contributed by atoms with E-state index >= 15 is 0 Å². The Labute approximate surface area is 117 Å². The van der Waals surface area contributed by atoms with Gasteiger partial charge in [0.25, 0.3) is 0 Å². The molecule has 3 nitrogen and oxygen atoms in total. The molecule has 0 radical (unpaired) electrons. The average molecular weight is 324 g/mol. The highest BCUT2D eigenvalue weighted by molar-refractivity contribution is 9.10.